The lowest BCUT2D eigenvalue weighted by molar-refractivity contribution is 0.602. The first-order chi connectivity index (χ1) is 8.54. The fraction of sp³-hybridized carbons (Fsp3) is 0.333. The van der Waals surface area contributed by atoms with Crippen LogP contribution in [0.5, 0.6) is 0 Å². The van der Waals surface area contributed by atoms with Gasteiger partial charge < -0.3 is 0 Å². The molecule has 3 rings (SSSR count). The van der Waals surface area contributed by atoms with E-state index in [1.165, 1.54) is 19.1 Å². The fourth-order valence-corrected chi connectivity index (χ4v) is 2.42. The monoisotopic (exact) mass is 263 g/mol. The lowest BCUT2D eigenvalue weighted by Gasteiger charge is -1.99. The van der Waals surface area contributed by atoms with Gasteiger partial charge in [0, 0.05) is 17.7 Å². The van der Waals surface area contributed by atoms with Gasteiger partial charge in [-0.3, -0.25) is 5.10 Å². The predicted octanol–water partition coefficient (Wildman–Crippen LogP) is 1.75. The van der Waals surface area contributed by atoms with Gasteiger partial charge in [0.1, 0.15) is 5.82 Å². The van der Waals surface area contributed by atoms with E-state index in [1.807, 2.05) is 0 Å². The van der Waals surface area contributed by atoms with E-state index >= 15 is 0 Å². The number of aromatic nitrogens is 3. The molecule has 6 heteroatoms. The molecule has 0 bridgehead atoms. The first kappa shape index (κ1) is 11.4. The highest BCUT2D eigenvalue weighted by Gasteiger charge is 2.27. The highest BCUT2D eigenvalue weighted by molar-refractivity contribution is 7.90. The quantitative estimate of drug-likeness (QED) is 0.915. The van der Waals surface area contributed by atoms with E-state index in [1.54, 1.807) is 24.3 Å². The molecule has 1 aromatic carbocycles. The van der Waals surface area contributed by atoms with Crippen LogP contribution in [0.15, 0.2) is 29.2 Å². The van der Waals surface area contributed by atoms with Gasteiger partial charge in [0.25, 0.3) is 0 Å². The van der Waals surface area contributed by atoms with Crippen molar-refractivity contribution in [2.24, 2.45) is 0 Å². The van der Waals surface area contributed by atoms with Crippen molar-refractivity contribution >= 4 is 9.84 Å². The molecule has 0 unspecified atom stereocenters. The van der Waals surface area contributed by atoms with E-state index in [2.05, 4.69) is 15.2 Å². The summed E-state index contributed by atoms with van der Waals surface area (Å²) in [6.45, 7) is 0. The van der Waals surface area contributed by atoms with Crippen LogP contribution in [0.25, 0.3) is 11.4 Å². The van der Waals surface area contributed by atoms with E-state index < -0.39 is 9.84 Å². The third kappa shape index (κ3) is 2.15. The van der Waals surface area contributed by atoms with Gasteiger partial charge in [0.15, 0.2) is 15.7 Å². The second-order valence-electron chi connectivity index (χ2n) is 4.62. The van der Waals surface area contributed by atoms with E-state index in [0.717, 1.165) is 11.4 Å². The third-order valence-corrected chi connectivity index (χ3v) is 4.14. The number of H-pyrrole nitrogens is 1. The Labute approximate surface area is 105 Å². The van der Waals surface area contributed by atoms with Gasteiger partial charge in [-0.05, 0) is 37.1 Å². The Bertz CT molecular complexity index is 670. The molecule has 1 aromatic heterocycles. The first-order valence-electron chi connectivity index (χ1n) is 5.77. The molecular weight excluding hydrogens is 250 g/mol. The van der Waals surface area contributed by atoms with Crippen molar-refractivity contribution in [3.63, 3.8) is 0 Å². The van der Waals surface area contributed by atoms with Gasteiger partial charge in [-0.15, -0.1) is 0 Å². The Kier molecular flexibility index (Phi) is 2.48. The number of aromatic amines is 1. The number of hydrogen-bond donors (Lipinski definition) is 1. The van der Waals surface area contributed by atoms with Crippen molar-refractivity contribution in [2.75, 3.05) is 6.26 Å². The third-order valence-electron chi connectivity index (χ3n) is 3.01. The van der Waals surface area contributed by atoms with Gasteiger partial charge in [-0.2, -0.15) is 5.10 Å². The number of nitrogens with one attached hydrogen (secondary N) is 1. The Morgan fingerprint density at radius 1 is 1.22 bits per heavy atom. The fourth-order valence-electron chi connectivity index (χ4n) is 1.79. The Balaban J connectivity index is 1.91. The molecule has 0 radical (unpaired) electrons. The van der Waals surface area contributed by atoms with Gasteiger partial charge in [0.05, 0.1) is 4.90 Å². The molecule has 1 aliphatic rings. The summed E-state index contributed by atoms with van der Waals surface area (Å²) in [5.74, 6) is 2.08. The number of benzene rings is 1. The van der Waals surface area contributed by atoms with Crippen molar-refractivity contribution in [1.82, 2.24) is 15.2 Å². The molecule has 0 aliphatic heterocycles. The van der Waals surface area contributed by atoms with Crippen LogP contribution in [0.3, 0.4) is 0 Å². The van der Waals surface area contributed by atoms with Crippen LogP contribution < -0.4 is 0 Å². The number of rotatable bonds is 3. The average Bonchev–Trinajstić information content (AvgIpc) is 3.06. The van der Waals surface area contributed by atoms with Crippen molar-refractivity contribution in [2.45, 2.75) is 23.7 Å². The summed E-state index contributed by atoms with van der Waals surface area (Å²) in [5, 5.41) is 7.09. The zero-order valence-corrected chi connectivity index (χ0v) is 10.7. The topological polar surface area (TPSA) is 75.7 Å². The summed E-state index contributed by atoms with van der Waals surface area (Å²) in [4.78, 5) is 4.73. The van der Waals surface area contributed by atoms with Crippen LogP contribution in [0.2, 0.25) is 0 Å². The SMILES string of the molecule is CS(=O)(=O)c1ccc(-c2n[nH]c(C3CC3)n2)cc1. The van der Waals surface area contributed by atoms with Crippen LogP contribution in [0, 0.1) is 0 Å². The van der Waals surface area contributed by atoms with Crippen LogP contribution in [0.4, 0.5) is 0 Å². The van der Waals surface area contributed by atoms with Crippen molar-refractivity contribution < 1.29 is 8.42 Å². The molecule has 2 aromatic rings. The first-order valence-corrected chi connectivity index (χ1v) is 7.66. The minimum absolute atomic E-state index is 0.309. The van der Waals surface area contributed by atoms with Crippen LogP contribution in [0.1, 0.15) is 24.6 Å². The number of nitrogens with zero attached hydrogens (tertiary/aromatic N) is 2. The Hall–Kier alpha value is -1.69. The standard InChI is InChI=1S/C12H13N3O2S/c1-18(16,17)10-6-4-9(5-7-10)12-13-11(14-15-12)8-2-3-8/h4-8H,2-3H2,1H3,(H,13,14,15). The predicted molar refractivity (Wildman–Crippen MR) is 66.9 cm³/mol. The van der Waals surface area contributed by atoms with Crippen LogP contribution >= 0.6 is 0 Å². The molecule has 0 atom stereocenters. The van der Waals surface area contributed by atoms with Gasteiger partial charge >= 0.3 is 0 Å². The number of sulfone groups is 1. The molecule has 18 heavy (non-hydrogen) atoms. The Morgan fingerprint density at radius 2 is 1.89 bits per heavy atom. The molecule has 1 aliphatic carbocycles. The summed E-state index contributed by atoms with van der Waals surface area (Å²) >= 11 is 0. The molecule has 1 heterocycles. The molecule has 1 fully saturated rings. The molecule has 94 valence electrons. The molecule has 0 saturated heterocycles. The van der Waals surface area contributed by atoms with Crippen LogP contribution in [-0.2, 0) is 9.84 Å². The van der Waals surface area contributed by atoms with Gasteiger partial charge in [0.2, 0.25) is 0 Å². The normalized spacial score (nSPS) is 15.8. The summed E-state index contributed by atoms with van der Waals surface area (Å²) in [5.41, 5.74) is 0.825. The van der Waals surface area contributed by atoms with E-state index in [9.17, 15) is 8.42 Å². The molecule has 0 spiro atoms. The maximum absolute atomic E-state index is 11.3. The van der Waals surface area contributed by atoms with Crippen molar-refractivity contribution in [3.8, 4) is 11.4 Å². The molecule has 1 saturated carbocycles. The Morgan fingerprint density at radius 3 is 2.44 bits per heavy atom. The van der Waals surface area contributed by atoms with Gasteiger partial charge in [-0.1, -0.05) is 0 Å². The summed E-state index contributed by atoms with van der Waals surface area (Å²) in [6.07, 6.45) is 3.53. The number of hydrogen-bond acceptors (Lipinski definition) is 4. The molecular formula is C12H13N3O2S. The highest BCUT2D eigenvalue weighted by Crippen LogP contribution is 2.38. The summed E-state index contributed by atoms with van der Waals surface area (Å²) in [7, 11) is -3.15. The second-order valence-corrected chi connectivity index (χ2v) is 6.63. The minimum Gasteiger partial charge on any atom is -0.262 e. The lowest BCUT2D eigenvalue weighted by Crippen LogP contribution is -1.96. The largest absolute Gasteiger partial charge is 0.262 e. The maximum atomic E-state index is 11.3. The maximum Gasteiger partial charge on any atom is 0.181 e. The average molecular weight is 263 g/mol. The highest BCUT2D eigenvalue weighted by atomic mass is 32.2. The second kappa shape index (κ2) is 3.91. The summed E-state index contributed by atoms with van der Waals surface area (Å²) in [6, 6.07) is 6.63. The molecule has 0 amide bonds. The smallest absolute Gasteiger partial charge is 0.181 e. The lowest BCUT2D eigenvalue weighted by atomic mass is 10.2. The zero-order chi connectivity index (χ0) is 12.8. The molecule has 1 N–H and O–H groups in total. The van der Waals surface area contributed by atoms with E-state index in [0.29, 0.717) is 16.6 Å². The zero-order valence-electron chi connectivity index (χ0n) is 9.92. The van der Waals surface area contributed by atoms with Gasteiger partial charge in [-0.25, -0.2) is 13.4 Å². The van der Waals surface area contributed by atoms with Crippen molar-refractivity contribution in [1.29, 1.82) is 0 Å². The van der Waals surface area contributed by atoms with E-state index in [4.69, 9.17) is 0 Å². The summed E-state index contributed by atoms with van der Waals surface area (Å²) < 4.78 is 22.7. The minimum atomic E-state index is -3.15. The molecule has 5 nitrogen and oxygen atoms in total. The van der Waals surface area contributed by atoms with Crippen LogP contribution in [-0.4, -0.2) is 29.9 Å². The van der Waals surface area contributed by atoms with E-state index in [-0.39, 0.29) is 0 Å². The van der Waals surface area contributed by atoms with Crippen molar-refractivity contribution in [3.05, 3.63) is 30.1 Å².